The highest BCUT2D eigenvalue weighted by molar-refractivity contribution is 6.31. The molecular weight excluding hydrogens is 340 g/mol. The molecule has 6 heteroatoms. The Morgan fingerprint density at radius 2 is 2.04 bits per heavy atom. The third kappa shape index (κ3) is 3.98. The summed E-state index contributed by atoms with van der Waals surface area (Å²) in [6.07, 6.45) is 3.95. The molecule has 1 aromatic carbocycles. The molecule has 0 aromatic heterocycles. The minimum absolute atomic E-state index is 0.0685. The molecule has 3 rings (SSSR count). The maximum absolute atomic E-state index is 12.9. The smallest absolute Gasteiger partial charge is 0.338 e. The summed E-state index contributed by atoms with van der Waals surface area (Å²) in [5.41, 5.74) is 1.59. The second-order valence-electron chi connectivity index (χ2n) is 6.89. The predicted molar refractivity (Wildman–Crippen MR) is 96.1 cm³/mol. The van der Waals surface area contributed by atoms with Crippen molar-refractivity contribution in [3.05, 3.63) is 46.1 Å². The zero-order valence-electron chi connectivity index (χ0n) is 14.5. The third-order valence-electron chi connectivity index (χ3n) is 4.87. The van der Waals surface area contributed by atoms with E-state index < -0.39 is 12.0 Å². The molecule has 1 saturated carbocycles. The van der Waals surface area contributed by atoms with E-state index in [9.17, 15) is 9.59 Å². The van der Waals surface area contributed by atoms with Crippen LogP contribution >= 0.6 is 11.6 Å². The number of urea groups is 1. The van der Waals surface area contributed by atoms with E-state index in [-0.39, 0.29) is 12.1 Å². The van der Waals surface area contributed by atoms with Gasteiger partial charge in [0.25, 0.3) is 0 Å². The molecule has 0 unspecified atom stereocenters. The molecule has 0 saturated heterocycles. The van der Waals surface area contributed by atoms with Gasteiger partial charge in [-0.3, -0.25) is 0 Å². The first-order valence-corrected chi connectivity index (χ1v) is 9.07. The van der Waals surface area contributed by atoms with Gasteiger partial charge in [0.05, 0.1) is 11.6 Å². The lowest BCUT2D eigenvalue weighted by Gasteiger charge is -2.31. The minimum Gasteiger partial charge on any atom is -0.459 e. The summed E-state index contributed by atoms with van der Waals surface area (Å²) in [5.74, 6) is 0.166. The lowest BCUT2D eigenvalue weighted by atomic mass is 9.88. The van der Waals surface area contributed by atoms with Crippen LogP contribution in [0.5, 0.6) is 0 Å². The highest BCUT2D eigenvalue weighted by Crippen LogP contribution is 2.33. The zero-order valence-corrected chi connectivity index (χ0v) is 15.2. The normalized spacial score (nSPS) is 26.7. The molecule has 2 N–H and O–H groups in total. The molecule has 1 aliphatic carbocycles. The fourth-order valence-corrected chi connectivity index (χ4v) is 3.85. The van der Waals surface area contributed by atoms with E-state index in [1.54, 1.807) is 13.0 Å². The van der Waals surface area contributed by atoms with Crippen molar-refractivity contribution in [1.29, 1.82) is 0 Å². The standard InChI is InChI=1S/C19H23ClN2O3/c1-11-6-5-7-13(10-11)25-18(23)16-12(2)21-19(24)22-17(16)14-8-3-4-9-15(14)20/h3-4,8-9,11,13,17H,5-7,10H2,1-2H3,(H2,21,22,24)/t11-,13-,17+/m0/s1. The quantitative estimate of drug-likeness (QED) is 0.796. The van der Waals surface area contributed by atoms with Gasteiger partial charge in [-0.1, -0.05) is 43.1 Å². The Morgan fingerprint density at radius 1 is 1.28 bits per heavy atom. The van der Waals surface area contributed by atoms with Gasteiger partial charge in [0, 0.05) is 10.7 Å². The second kappa shape index (κ2) is 7.48. The average molecular weight is 363 g/mol. The Balaban J connectivity index is 1.87. The number of hydrogen-bond acceptors (Lipinski definition) is 3. The van der Waals surface area contributed by atoms with Crippen LogP contribution in [-0.4, -0.2) is 18.1 Å². The molecule has 2 amide bonds. The molecule has 1 fully saturated rings. The van der Waals surface area contributed by atoms with Gasteiger partial charge in [-0.25, -0.2) is 9.59 Å². The maximum Gasteiger partial charge on any atom is 0.338 e. The largest absolute Gasteiger partial charge is 0.459 e. The summed E-state index contributed by atoms with van der Waals surface area (Å²) in [4.78, 5) is 24.8. The van der Waals surface area contributed by atoms with Crippen molar-refractivity contribution in [2.45, 2.75) is 51.7 Å². The molecule has 134 valence electrons. The Kier molecular flexibility index (Phi) is 5.33. The topological polar surface area (TPSA) is 67.4 Å². The number of esters is 1. The summed E-state index contributed by atoms with van der Waals surface area (Å²) in [6, 6.07) is 6.22. The summed E-state index contributed by atoms with van der Waals surface area (Å²) < 4.78 is 5.77. The number of hydrogen-bond donors (Lipinski definition) is 2. The molecule has 2 aliphatic rings. The lowest BCUT2D eigenvalue weighted by Crippen LogP contribution is -2.45. The molecule has 0 bridgehead atoms. The van der Waals surface area contributed by atoms with Crippen LogP contribution in [0.4, 0.5) is 4.79 Å². The molecule has 1 heterocycles. The van der Waals surface area contributed by atoms with Crippen LogP contribution < -0.4 is 10.6 Å². The lowest BCUT2D eigenvalue weighted by molar-refractivity contribution is -0.146. The van der Waals surface area contributed by atoms with E-state index in [1.165, 1.54) is 6.42 Å². The van der Waals surface area contributed by atoms with Gasteiger partial charge < -0.3 is 15.4 Å². The summed E-state index contributed by atoms with van der Waals surface area (Å²) in [7, 11) is 0. The number of carbonyl (C=O) groups excluding carboxylic acids is 2. The third-order valence-corrected chi connectivity index (χ3v) is 5.21. The van der Waals surface area contributed by atoms with E-state index in [0.717, 1.165) is 19.3 Å². The maximum atomic E-state index is 12.9. The first-order chi connectivity index (χ1) is 12.0. The van der Waals surface area contributed by atoms with Crippen molar-refractivity contribution >= 4 is 23.6 Å². The fraction of sp³-hybridized carbons (Fsp3) is 0.474. The van der Waals surface area contributed by atoms with Crippen molar-refractivity contribution < 1.29 is 14.3 Å². The van der Waals surface area contributed by atoms with Gasteiger partial charge in [0.2, 0.25) is 0 Å². The van der Waals surface area contributed by atoms with Crippen molar-refractivity contribution in [3.63, 3.8) is 0 Å². The van der Waals surface area contributed by atoms with Gasteiger partial charge in [0.15, 0.2) is 0 Å². The first-order valence-electron chi connectivity index (χ1n) is 8.69. The monoisotopic (exact) mass is 362 g/mol. The van der Waals surface area contributed by atoms with Gasteiger partial charge in [-0.05, 0) is 43.7 Å². The van der Waals surface area contributed by atoms with Gasteiger partial charge >= 0.3 is 12.0 Å². The number of carbonyl (C=O) groups is 2. The number of ether oxygens (including phenoxy) is 1. The molecule has 3 atom stereocenters. The highest BCUT2D eigenvalue weighted by atomic mass is 35.5. The molecular formula is C19H23ClN2O3. The molecule has 1 aliphatic heterocycles. The van der Waals surface area contributed by atoms with E-state index in [1.807, 2.05) is 18.2 Å². The van der Waals surface area contributed by atoms with Crippen LogP contribution in [0.3, 0.4) is 0 Å². The number of amides is 2. The van der Waals surface area contributed by atoms with Crippen LogP contribution in [0.25, 0.3) is 0 Å². The number of rotatable bonds is 3. The van der Waals surface area contributed by atoms with E-state index in [2.05, 4.69) is 17.6 Å². The van der Waals surface area contributed by atoms with Crippen LogP contribution in [0.2, 0.25) is 5.02 Å². The van der Waals surface area contributed by atoms with Crippen LogP contribution in [0.1, 0.15) is 51.1 Å². The SMILES string of the molecule is CC1=C(C(=O)O[C@H]2CCC[C@H](C)C2)[C@@H](c2ccccc2Cl)NC(=O)N1. The molecule has 0 radical (unpaired) electrons. The van der Waals surface area contributed by atoms with Crippen molar-refractivity contribution in [2.24, 2.45) is 5.92 Å². The Bertz CT molecular complexity index is 716. The first kappa shape index (κ1) is 17.8. The fourth-order valence-electron chi connectivity index (χ4n) is 3.61. The van der Waals surface area contributed by atoms with E-state index in [0.29, 0.717) is 27.8 Å². The average Bonchev–Trinajstić information content (AvgIpc) is 2.54. The zero-order chi connectivity index (χ0) is 18.0. The highest BCUT2D eigenvalue weighted by Gasteiger charge is 2.34. The second-order valence-corrected chi connectivity index (χ2v) is 7.30. The van der Waals surface area contributed by atoms with E-state index in [4.69, 9.17) is 16.3 Å². The Morgan fingerprint density at radius 3 is 2.76 bits per heavy atom. The van der Waals surface area contributed by atoms with Crippen molar-refractivity contribution in [2.75, 3.05) is 0 Å². The molecule has 0 spiro atoms. The van der Waals surface area contributed by atoms with Crippen LogP contribution in [0, 0.1) is 5.92 Å². The van der Waals surface area contributed by atoms with Crippen LogP contribution in [-0.2, 0) is 9.53 Å². The summed E-state index contributed by atoms with van der Waals surface area (Å²) in [6.45, 7) is 3.89. The van der Waals surface area contributed by atoms with Gasteiger partial charge in [0.1, 0.15) is 6.10 Å². The molecule has 1 aromatic rings. The minimum atomic E-state index is -0.615. The van der Waals surface area contributed by atoms with Gasteiger partial charge in [-0.15, -0.1) is 0 Å². The summed E-state index contributed by atoms with van der Waals surface area (Å²) >= 11 is 6.29. The predicted octanol–water partition coefficient (Wildman–Crippen LogP) is 4.09. The van der Waals surface area contributed by atoms with E-state index >= 15 is 0 Å². The molecule has 5 nitrogen and oxygen atoms in total. The van der Waals surface area contributed by atoms with Crippen LogP contribution in [0.15, 0.2) is 35.5 Å². The van der Waals surface area contributed by atoms with Crippen molar-refractivity contribution in [3.8, 4) is 0 Å². The number of nitrogens with one attached hydrogen (secondary N) is 2. The van der Waals surface area contributed by atoms with Crippen molar-refractivity contribution in [1.82, 2.24) is 10.6 Å². The Hall–Kier alpha value is -2.01. The number of allylic oxidation sites excluding steroid dienone is 1. The van der Waals surface area contributed by atoms with Gasteiger partial charge in [-0.2, -0.15) is 0 Å². The number of benzene rings is 1. The molecule has 25 heavy (non-hydrogen) atoms. The number of halogens is 1. The Labute approximate surface area is 152 Å². The summed E-state index contributed by atoms with van der Waals surface area (Å²) in [5, 5.41) is 5.95.